The first-order valence-corrected chi connectivity index (χ1v) is 17.6. The van der Waals surface area contributed by atoms with Crippen LogP contribution in [0.5, 0.6) is 0 Å². The molecule has 4 aliphatic carbocycles. The van der Waals surface area contributed by atoms with Crippen LogP contribution in [0.25, 0.3) is 0 Å². The van der Waals surface area contributed by atoms with Crippen molar-refractivity contribution in [2.45, 2.75) is 116 Å². The van der Waals surface area contributed by atoms with Gasteiger partial charge in [0.05, 0.1) is 18.1 Å². The van der Waals surface area contributed by atoms with Gasteiger partial charge in [-0.25, -0.2) is 0 Å². The quantitative estimate of drug-likeness (QED) is 0.388. The van der Waals surface area contributed by atoms with Crippen molar-refractivity contribution < 1.29 is 14.3 Å². The SMILES string of the molecule is CC1=C2CC3[C@@H](CC[C@@H]4CC(=O)CC[C@]34C)C2CC[C@@]2(C1)O[C@@H]1C[C@H](C)CN(CCNC(=O)Cc3ccccc3)C1[C@H]2C. The fourth-order valence-corrected chi connectivity index (χ4v) is 11.4. The van der Waals surface area contributed by atoms with Crippen LogP contribution in [0.4, 0.5) is 0 Å². The molecule has 234 valence electrons. The Morgan fingerprint density at radius 2 is 1.91 bits per heavy atom. The van der Waals surface area contributed by atoms with Crippen LogP contribution in [-0.2, 0) is 20.7 Å². The van der Waals surface area contributed by atoms with Gasteiger partial charge in [0.2, 0.25) is 5.91 Å². The third-order valence-electron chi connectivity index (χ3n) is 13.6. The molecule has 2 aliphatic heterocycles. The van der Waals surface area contributed by atoms with E-state index in [1.54, 1.807) is 11.1 Å². The van der Waals surface area contributed by atoms with Gasteiger partial charge in [-0.3, -0.25) is 14.5 Å². The Hall–Kier alpha value is -1.98. The number of ketones is 1. The van der Waals surface area contributed by atoms with Crippen LogP contribution >= 0.6 is 0 Å². The fraction of sp³-hybridized carbons (Fsp3) is 0.737. The number of fused-ring (bicyclic) bond motifs is 6. The van der Waals surface area contributed by atoms with Crippen molar-refractivity contribution in [3.63, 3.8) is 0 Å². The van der Waals surface area contributed by atoms with Gasteiger partial charge in [-0.1, -0.05) is 62.2 Å². The fourth-order valence-electron chi connectivity index (χ4n) is 11.4. The highest BCUT2D eigenvalue weighted by atomic mass is 16.5. The number of nitrogens with zero attached hydrogens (tertiary/aromatic N) is 1. The van der Waals surface area contributed by atoms with Gasteiger partial charge in [-0.05, 0) is 98.9 Å². The van der Waals surface area contributed by atoms with E-state index in [2.05, 4.69) is 37.9 Å². The predicted octanol–water partition coefficient (Wildman–Crippen LogP) is 6.75. The zero-order valence-corrected chi connectivity index (χ0v) is 27.1. The third-order valence-corrected chi connectivity index (χ3v) is 13.6. The molecule has 3 saturated carbocycles. The molecule has 0 bridgehead atoms. The van der Waals surface area contributed by atoms with Crippen LogP contribution in [0.3, 0.4) is 0 Å². The lowest BCUT2D eigenvalue weighted by Gasteiger charge is -2.52. The highest BCUT2D eigenvalue weighted by Gasteiger charge is 2.60. The van der Waals surface area contributed by atoms with Gasteiger partial charge in [0, 0.05) is 44.4 Å². The maximum Gasteiger partial charge on any atom is 0.224 e. The van der Waals surface area contributed by atoms with E-state index in [0.717, 1.165) is 62.6 Å². The van der Waals surface area contributed by atoms with E-state index in [0.29, 0.717) is 53.9 Å². The number of amides is 1. The molecule has 43 heavy (non-hydrogen) atoms. The minimum absolute atomic E-state index is 0.0660. The first kappa shape index (κ1) is 29.7. The first-order chi connectivity index (χ1) is 20.7. The van der Waals surface area contributed by atoms with Crippen LogP contribution in [-0.4, -0.2) is 54.0 Å². The molecule has 1 aromatic carbocycles. The lowest BCUT2D eigenvalue weighted by molar-refractivity contribution is -0.130. The number of carbonyl (C=O) groups is 2. The third kappa shape index (κ3) is 5.25. The zero-order chi connectivity index (χ0) is 29.9. The molecular formula is C38H54N2O3. The summed E-state index contributed by atoms with van der Waals surface area (Å²) in [5.74, 6) is 4.59. The van der Waals surface area contributed by atoms with Gasteiger partial charge in [0.15, 0.2) is 0 Å². The molecule has 2 saturated heterocycles. The normalized spacial score (nSPS) is 42.7. The Morgan fingerprint density at radius 3 is 2.72 bits per heavy atom. The molecule has 2 heterocycles. The standard InChI is InChI=1S/C38H54N2O3/c1-24-18-34-36(40(23-24)17-16-39-35(42)19-27-8-6-5-7-9-27)26(3)38(43-34)15-13-30-31-11-10-28-20-29(41)12-14-37(28,4)33(31)21-32(30)25(2)22-38/h5-9,24,26,28,30-31,33-34,36H,10-23H2,1-4H3,(H,39,42)/t24-,26+,28+,30?,31-,33?,34+,36?,37-,38-/m0/s1. The Kier molecular flexibility index (Phi) is 7.90. The number of carbonyl (C=O) groups excluding carboxylic acids is 2. The molecule has 0 aromatic heterocycles. The second kappa shape index (κ2) is 11.4. The van der Waals surface area contributed by atoms with Crippen molar-refractivity contribution in [1.82, 2.24) is 10.2 Å². The van der Waals surface area contributed by atoms with E-state index < -0.39 is 0 Å². The van der Waals surface area contributed by atoms with Crippen LogP contribution in [0.15, 0.2) is 41.5 Å². The van der Waals surface area contributed by atoms with Crippen molar-refractivity contribution >= 4 is 11.7 Å². The second-order valence-corrected chi connectivity index (χ2v) is 16.0. The lowest BCUT2D eigenvalue weighted by atomic mass is 9.52. The summed E-state index contributed by atoms with van der Waals surface area (Å²) in [6, 6.07) is 10.5. The molecule has 3 unspecified atom stereocenters. The molecule has 5 heteroatoms. The van der Waals surface area contributed by atoms with Gasteiger partial charge in [-0.2, -0.15) is 0 Å². The molecule has 1 N–H and O–H groups in total. The summed E-state index contributed by atoms with van der Waals surface area (Å²) in [6.07, 6.45) is 12.0. The number of piperidine rings is 1. The highest BCUT2D eigenvalue weighted by molar-refractivity contribution is 5.79. The molecule has 6 aliphatic rings. The number of benzene rings is 1. The van der Waals surface area contributed by atoms with Crippen molar-refractivity contribution in [1.29, 1.82) is 0 Å². The minimum atomic E-state index is -0.0660. The summed E-state index contributed by atoms with van der Waals surface area (Å²) >= 11 is 0. The smallest absolute Gasteiger partial charge is 0.224 e. The molecule has 1 spiro atoms. The minimum Gasteiger partial charge on any atom is -0.369 e. The summed E-state index contributed by atoms with van der Waals surface area (Å²) in [5, 5.41) is 3.21. The maximum absolute atomic E-state index is 12.7. The van der Waals surface area contributed by atoms with E-state index in [1.807, 2.05) is 30.3 Å². The van der Waals surface area contributed by atoms with E-state index in [4.69, 9.17) is 4.74 Å². The number of Topliss-reactive ketones (excluding diaryl/α,β-unsaturated/α-hetero) is 1. The number of allylic oxidation sites excluding steroid dienone is 1. The Labute approximate surface area is 259 Å². The lowest BCUT2D eigenvalue weighted by Crippen LogP contribution is -2.53. The molecular weight excluding hydrogens is 532 g/mol. The average molecular weight is 587 g/mol. The van der Waals surface area contributed by atoms with E-state index in [9.17, 15) is 9.59 Å². The summed E-state index contributed by atoms with van der Waals surface area (Å²) in [4.78, 5) is 27.7. The molecule has 0 radical (unpaired) electrons. The maximum atomic E-state index is 12.7. The number of hydrogen-bond acceptors (Lipinski definition) is 4. The topological polar surface area (TPSA) is 58.6 Å². The summed E-state index contributed by atoms with van der Waals surface area (Å²) in [7, 11) is 0. The summed E-state index contributed by atoms with van der Waals surface area (Å²) < 4.78 is 7.28. The van der Waals surface area contributed by atoms with Gasteiger partial charge >= 0.3 is 0 Å². The van der Waals surface area contributed by atoms with Crippen LogP contribution in [0.1, 0.15) is 97.5 Å². The second-order valence-electron chi connectivity index (χ2n) is 16.0. The summed E-state index contributed by atoms with van der Waals surface area (Å²) in [5.41, 5.74) is 4.76. The number of rotatable bonds is 5. The molecule has 7 rings (SSSR count). The van der Waals surface area contributed by atoms with Gasteiger partial charge in [0.25, 0.3) is 0 Å². The highest BCUT2D eigenvalue weighted by Crippen LogP contribution is 2.65. The number of hydrogen-bond donors (Lipinski definition) is 1. The van der Waals surface area contributed by atoms with Crippen molar-refractivity contribution in [3.8, 4) is 0 Å². The predicted molar refractivity (Wildman–Crippen MR) is 170 cm³/mol. The molecule has 1 aromatic rings. The Morgan fingerprint density at radius 1 is 1.09 bits per heavy atom. The largest absolute Gasteiger partial charge is 0.369 e. The van der Waals surface area contributed by atoms with Gasteiger partial charge < -0.3 is 10.1 Å². The van der Waals surface area contributed by atoms with E-state index in [-0.39, 0.29) is 17.6 Å². The average Bonchev–Trinajstić information content (AvgIpc) is 3.44. The number of nitrogens with one attached hydrogen (secondary N) is 1. The molecule has 1 amide bonds. The Balaban J connectivity index is 1.04. The van der Waals surface area contributed by atoms with Crippen molar-refractivity contribution in [3.05, 3.63) is 47.0 Å². The zero-order valence-electron chi connectivity index (χ0n) is 27.1. The molecule has 5 fully saturated rings. The van der Waals surface area contributed by atoms with E-state index >= 15 is 0 Å². The van der Waals surface area contributed by atoms with Gasteiger partial charge in [0.1, 0.15) is 5.78 Å². The van der Waals surface area contributed by atoms with Crippen LogP contribution < -0.4 is 5.32 Å². The molecule has 5 nitrogen and oxygen atoms in total. The Bertz CT molecular complexity index is 1260. The molecule has 10 atom stereocenters. The van der Waals surface area contributed by atoms with Gasteiger partial charge in [-0.15, -0.1) is 0 Å². The van der Waals surface area contributed by atoms with Crippen molar-refractivity contribution in [2.75, 3.05) is 19.6 Å². The number of ether oxygens (including phenoxy) is 1. The number of likely N-dealkylation sites (tertiary alicyclic amines) is 1. The monoisotopic (exact) mass is 586 g/mol. The van der Waals surface area contributed by atoms with Crippen LogP contribution in [0, 0.1) is 40.9 Å². The first-order valence-electron chi connectivity index (χ1n) is 17.6. The van der Waals surface area contributed by atoms with Crippen LogP contribution in [0.2, 0.25) is 0 Å². The summed E-state index contributed by atoms with van der Waals surface area (Å²) in [6.45, 7) is 12.5. The van der Waals surface area contributed by atoms with Crippen molar-refractivity contribution in [2.24, 2.45) is 40.9 Å². The van der Waals surface area contributed by atoms with E-state index in [1.165, 1.54) is 32.1 Å².